The number of benzene rings is 2. The lowest BCUT2D eigenvalue weighted by atomic mass is 10.1. The summed E-state index contributed by atoms with van der Waals surface area (Å²) in [6.45, 7) is 0. The molecule has 25 heavy (non-hydrogen) atoms. The number of thioether (sulfide) groups is 1. The summed E-state index contributed by atoms with van der Waals surface area (Å²) in [5.41, 5.74) is 1.10. The molecule has 1 amide bonds. The van der Waals surface area contributed by atoms with E-state index in [4.69, 9.17) is 21.7 Å². The summed E-state index contributed by atoms with van der Waals surface area (Å²) in [5, 5.41) is 0. The first-order chi connectivity index (χ1) is 12.0. The third-order valence-electron chi connectivity index (χ3n) is 3.58. The van der Waals surface area contributed by atoms with E-state index in [0.29, 0.717) is 32.0 Å². The minimum absolute atomic E-state index is 0.300. The Hall–Kier alpha value is -2.38. The summed E-state index contributed by atoms with van der Waals surface area (Å²) in [5.74, 6) is 0.528. The van der Waals surface area contributed by atoms with Crippen LogP contribution < -0.4 is 14.4 Å². The summed E-state index contributed by atoms with van der Waals surface area (Å²) in [6, 6.07) is 11.1. The zero-order chi connectivity index (χ0) is 18.0. The first kappa shape index (κ1) is 17.4. The van der Waals surface area contributed by atoms with Crippen molar-refractivity contribution in [2.45, 2.75) is 0 Å². The highest BCUT2D eigenvalue weighted by molar-refractivity contribution is 8.27. The van der Waals surface area contributed by atoms with Crippen LogP contribution in [-0.4, -0.2) is 24.4 Å². The second-order valence-corrected chi connectivity index (χ2v) is 6.78. The van der Waals surface area contributed by atoms with E-state index in [1.54, 1.807) is 44.6 Å². The van der Waals surface area contributed by atoms with Gasteiger partial charge in [0.1, 0.15) is 17.3 Å². The van der Waals surface area contributed by atoms with Gasteiger partial charge in [-0.05, 0) is 42.5 Å². The molecule has 2 aromatic rings. The van der Waals surface area contributed by atoms with E-state index in [-0.39, 0.29) is 5.91 Å². The van der Waals surface area contributed by atoms with Crippen molar-refractivity contribution in [3.8, 4) is 11.5 Å². The quantitative estimate of drug-likeness (QED) is 0.590. The molecule has 1 heterocycles. The molecule has 7 heteroatoms. The monoisotopic (exact) mass is 375 g/mol. The largest absolute Gasteiger partial charge is 0.497 e. The van der Waals surface area contributed by atoms with E-state index in [1.165, 1.54) is 23.1 Å². The third kappa shape index (κ3) is 3.52. The second-order valence-electron chi connectivity index (χ2n) is 5.10. The lowest BCUT2D eigenvalue weighted by molar-refractivity contribution is -0.113. The lowest BCUT2D eigenvalue weighted by Crippen LogP contribution is -2.27. The Balaban J connectivity index is 1.98. The number of hydrogen-bond donors (Lipinski definition) is 0. The molecule has 0 aliphatic carbocycles. The highest BCUT2D eigenvalue weighted by atomic mass is 32.2. The van der Waals surface area contributed by atoms with E-state index in [9.17, 15) is 9.18 Å². The summed E-state index contributed by atoms with van der Waals surface area (Å²) in [7, 11) is 3.12. The molecule has 0 aromatic heterocycles. The van der Waals surface area contributed by atoms with Gasteiger partial charge in [-0.1, -0.05) is 30.0 Å². The standard InChI is InChI=1S/C18H14FNO3S2/c1-22-14-6-7-15(23-2)11(8-14)9-16-17(21)20(18(24)25-16)13-5-3-4-12(19)10-13/h3-10H,1-2H3/b16-9+. The Morgan fingerprint density at radius 1 is 1.16 bits per heavy atom. The number of thiocarbonyl (C=S) groups is 1. The lowest BCUT2D eigenvalue weighted by Gasteiger charge is -2.14. The van der Waals surface area contributed by atoms with E-state index in [0.717, 1.165) is 11.8 Å². The molecule has 0 atom stereocenters. The second kappa shape index (κ2) is 7.25. The Morgan fingerprint density at radius 2 is 1.96 bits per heavy atom. The van der Waals surface area contributed by atoms with Crippen LogP contribution in [0, 0.1) is 5.82 Å². The first-order valence-corrected chi connectivity index (χ1v) is 8.51. The number of carbonyl (C=O) groups excluding carboxylic acids is 1. The van der Waals surface area contributed by atoms with E-state index < -0.39 is 5.82 Å². The number of nitrogens with zero attached hydrogens (tertiary/aromatic N) is 1. The number of amides is 1. The van der Waals surface area contributed by atoms with Gasteiger partial charge in [-0.15, -0.1) is 0 Å². The predicted octanol–water partition coefficient (Wildman–Crippen LogP) is 4.25. The number of halogens is 1. The number of anilines is 1. The zero-order valence-electron chi connectivity index (χ0n) is 13.5. The van der Waals surface area contributed by atoms with Crippen LogP contribution in [0.1, 0.15) is 5.56 Å². The highest BCUT2D eigenvalue weighted by Gasteiger charge is 2.33. The molecule has 0 bridgehead atoms. The fraction of sp³-hybridized carbons (Fsp3) is 0.111. The molecule has 0 unspecified atom stereocenters. The highest BCUT2D eigenvalue weighted by Crippen LogP contribution is 2.37. The van der Waals surface area contributed by atoms with Crippen LogP contribution in [0.15, 0.2) is 47.4 Å². The average Bonchev–Trinajstić information content (AvgIpc) is 2.88. The SMILES string of the molecule is COc1ccc(OC)c(/C=C2/SC(=S)N(c3cccc(F)c3)C2=O)c1. The first-order valence-electron chi connectivity index (χ1n) is 7.29. The third-order valence-corrected chi connectivity index (χ3v) is 4.89. The maximum Gasteiger partial charge on any atom is 0.270 e. The smallest absolute Gasteiger partial charge is 0.270 e. The fourth-order valence-electron chi connectivity index (χ4n) is 2.40. The van der Waals surface area contributed by atoms with Gasteiger partial charge < -0.3 is 9.47 Å². The Labute approximate surface area is 154 Å². The van der Waals surface area contributed by atoms with Gasteiger partial charge in [0.25, 0.3) is 5.91 Å². The number of rotatable bonds is 4. The molecule has 1 saturated heterocycles. The van der Waals surface area contributed by atoms with Crippen LogP contribution in [0.4, 0.5) is 10.1 Å². The molecule has 0 radical (unpaired) electrons. The van der Waals surface area contributed by atoms with E-state index >= 15 is 0 Å². The van der Waals surface area contributed by atoms with Gasteiger partial charge in [0.05, 0.1) is 24.8 Å². The van der Waals surface area contributed by atoms with Crippen molar-refractivity contribution in [2.75, 3.05) is 19.1 Å². The van der Waals surface area contributed by atoms with Gasteiger partial charge in [-0.25, -0.2) is 4.39 Å². The molecule has 1 aliphatic heterocycles. The number of carbonyl (C=O) groups is 1. The van der Waals surface area contributed by atoms with Gasteiger partial charge in [0.2, 0.25) is 0 Å². The van der Waals surface area contributed by atoms with Crippen LogP contribution in [0.2, 0.25) is 0 Å². The normalized spacial score (nSPS) is 15.8. The summed E-state index contributed by atoms with van der Waals surface area (Å²) < 4.78 is 24.4. The molecule has 1 fully saturated rings. The van der Waals surface area contributed by atoms with Crippen LogP contribution in [0.3, 0.4) is 0 Å². The van der Waals surface area contributed by atoms with Crippen molar-refractivity contribution in [2.24, 2.45) is 0 Å². The number of methoxy groups -OCH3 is 2. The minimum atomic E-state index is -0.426. The summed E-state index contributed by atoms with van der Waals surface area (Å²) in [4.78, 5) is 14.5. The molecule has 128 valence electrons. The minimum Gasteiger partial charge on any atom is -0.497 e. The van der Waals surface area contributed by atoms with Crippen molar-refractivity contribution in [1.82, 2.24) is 0 Å². The molecule has 4 nitrogen and oxygen atoms in total. The van der Waals surface area contributed by atoms with Crippen molar-refractivity contribution >= 4 is 46.0 Å². The summed E-state index contributed by atoms with van der Waals surface area (Å²) in [6.07, 6.45) is 1.69. The van der Waals surface area contributed by atoms with E-state index in [2.05, 4.69) is 0 Å². The van der Waals surface area contributed by atoms with Crippen molar-refractivity contribution < 1.29 is 18.7 Å². The molecular weight excluding hydrogens is 361 g/mol. The van der Waals surface area contributed by atoms with Crippen LogP contribution >= 0.6 is 24.0 Å². The van der Waals surface area contributed by atoms with Gasteiger partial charge in [-0.3, -0.25) is 9.69 Å². The fourth-order valence-corrected chi connectivity index (χ4v) is 3.69. The maximum atomic E-state index is 13.5. The average molecular weight is 375 g/mol. The molecular formula is C18H14FNO3S2. The van der Waals surface area contributed by atoms with Crippen molar-refractivity contribution in [1.29, 1.82) is 0 Å². The number of ether oxygens (including phenoxy) is 2. The van der Waals surface area contributed by atoms with Gasteiger partial charge in [-0.2, -0.15) is 0 Å². The van der Waals surface area contributed by atoms with Crippen LogP contribution in [0.25, 0.3) is 6.08 Å². The van der Waals surface area contributed by atoms with Crippen molar-refractivity contribution in [3.05, 3.63) is 58.8 Å². The Morgan fingerprint density at radius 3 is 2.64 bits per heavy atom. The molecule has 1 aliphatic rings. The van der Waals surface area contributed by atoms with E-state index in [1.807, 2.05) is 0 Å². The van der Waals surface area contributed by atoms with Gasteiger partial charge >= 0.3 is 0 Å². The topological polar surface area (TPSA) is 38.8 Å². The van der Waals surface area contributed by atoms with Crippen LogP contribution in [0.5, 0.6) is 11.5 Å². The molecule has 0 saturated carbocycles. The molecule has 2 aromatic carbocycles. The Bertz CT molecular complexity index is 882. The molecule has 0 N–H and O–H groups in total. The summed E-state index contributed by atoms with van der Waals surface area (Å²) >= 11 is 6.45. The zero-order valence-corrected chi connectivity index (χ0v) is 15.1. The Kier molecular flexibility index (Phi) is 5.06. The van der Waals surface area contributed by atoms with Crippen molar-refractivity contribution in [3.63, 3.8) is 0 Å². The van der Waals surface area contributed by atoms with Crippen LogP contribution in [-0.2, 0) is 4.79 Å². The molecule has 3 rings (SSSR count). The van der Waals surface area contributed by atoms with Gasteiger partial charge in [0, 0.05) is 5.56 Å². The maximum absolute atomic E-state index is 13.5. The molecule has 0 spiro atoms. The predicted molar refractivity (Wildman–Crippen MR) is 102 cm³/mol. The number of hydrogen-bond acceptors (Lipinski definition) is 5. The van der Waals surface area contributed by atoms with Gasteiger partial charge in [0.15, 0.2) is 4.32 Å².